The maximum atomic E-state index is 11.9. The highest BCUT2D eigenvalue weighted by Crippen LogP contribution is 2.27. The number of carbonyl (C=O) groups excluding carboxylic acids is 1. The smallest absolute Gasteiger partial charge is 0.303 e. The summed E-state index contributed by atoms with van der Waals surface area (Å²) in [6, 6.07) is 15.5. The number of para-hydroxylation sites is 2. The van der Waals surface area contributed by atoms with Gasteiger partial charge in [-0.05, 0) is 32.0 Å². The number of ketones is 1. The van der Waals surface area contributed by atoms with Crippen molar-refractivity contribution < 1.29 is 14.7 Å². The fraction of sp³-hybridized carbons (Fsp3) is 0.190. The second-order valence-electron chi connectivity index (χ2n) is 5.88. The van der Waals surface area contributed by atoms with E-state index in [2.05, 4.69) is 0 Å². The van der Waals surface area contributed by atoms with Gasteiger partial charge in [-0.2, -0.15) is 0 Å². The molecule has 0 aliphatic carbocycles. The Kier molecular flexibility index (Phi) is 6.07. The Hall–Kier alpha value is -3.21. The van der Waals surface area contributed by atoms with Crippen molar-refractivity contribution in [3.63, 3.8) is 0 Å². The van der Waals surface area contributed by atoms with Gasteiger partial charge in [-0.25, -0.2) is 0 Å². The van der Waals surface area contributed by atoms with Crippen LogP contribution in [-0.4, -0.2) is 27.1 Å². The van der Waals surface area contributed by atoms with Crippen LogP contribution in [0.1, 0.15) is 43.1 Å². The lowest BCUT2D eigenvalue weighted by molar-refractivity contribution is -0.136. The topological polar surface area (TPSA) is 83.2 Å². The highest BCUT2D eigenvalue weighted by molar-refractivity contribution is 6.09. The van der Waals surface area contributed by atoms with E-state index < -0.39 is 5.97 Å². The average molecular weight is 350 g/mol. The van der Waals surface area contributed by atoms with Crippen LogP contribution in [0.25, 0.3) is 16.6 Å². The van der Waals surface area contributed by atoms with E-state index in [-0.39, 0.29) is 12.2 Å². The molecule has 0 fully saturated rings. The van der Waals surface area contributed by atoms with Crippen LogP contribution in [0, 0.1) is 5.41 Å². The molecule has 1 aromatic heterocycles. The second kappa shape index (κ2) is 8.25. The third kappa shape index (κ3) is 4.06. The quantitative estimate of drug-likeness (QED) is 0.528. The summed E-state index contributed by atoms with van der Waals surface area (Å²) in [6.07, 6.45) is 2.16. The lowest BCUT2D eigenvalue weighted by atomic mass is 10.1. The molecule has 2 N–H and O–H groups in total. The summed E-state index contributed by atoms with van der Waals surface area (Å²) >= 11 is 0. The first kappa shape index (κ1) is 19.1. The minimum atomic E-state index is -0.745. The number of hydrogen-bond acceptors (Lipinski definition) is 3. The third-order valence-electron chi connectivity index (χ3n) is 3.96. The van der Waals surface area contributed by atoms with E-state index in [1.807, 2.05) is 59.3 Å². The van der Waals surface area contributed by atoms with Crippen molar-refractivity contribution in [2.24, 2.45) is 0 Å². The Labute approximate surface area is 152 Å². The van der Waals surface area contributed by atoms with Gasteiger partial charge in [-0.3, -0.25) is 9.59 Å². The van der Waals surface area contributed by atoms with Gasteiger partial charge in [0.25, 0.3) is 0 Å². The summed E-state index contributed by atoms with van der Waals surface area (Å²) in [5.41, 5.74) is 3.96. The number of nitrogens with zero attached hydrogens (tertiary/aromatic N) is 1. The molecule has 5 nitrogen and oxygen atoms in total. The number of hydrogen-bond donors (Lipinski definition) is 2. The molecular weight excluding hydrogens is 328 g/mol. The van der Waals surface area contributed by atoms with Gasteiger partial charge in [0.2, 0.25) is 0 Å². The molecule has 0 unspecified atom stereocenters. The molecule has 0 bridgehead atoms. The standard InChI is InChI=1S/C18H16N2O.C3H6O2/c1-12(19)16-11-20(18-10-6-4-8-15(16)18)17-9-5-3-7-14(17)13(2)21;1-2-3(4)5/h3-11,19H,1-2H3;2H2,1H3,(H,4,5). The number of aliphatic carboxylic acids is 1. The number of aromatic nitrogens is 1. The van der Waals surface area contributed by atoms with Crippen LogP contribution in [0.3, 0.4) is 0 Å². The maximum absolute atomic E-state index is 11.9. The van der Waals surface area contributed by atoms with Crippen molar-refractivity contribution in [1.82, 2.24) is 4.57 Å². The fourth-order valence-electron chi connectivity index (χ4n) is 2.66. The lowest BCUT2D eigenvalue weighted by Gasteiger charge is -2.09. The summed E-state index contributed by atoms with van der Waals surface area (Å²) in [7, 11) is 0. The minimum Gasteiger partial charge on any atom is -0.481 e. The molecule has 0 radical (unpaired) electrons. The van der Waals surface area contributed by atoms with Crippen molar-refractivity contribution in [3.8, 4) is 5.69 Å². The van der Waals surface area contributed by atoms with Gasteiger partial charge in [0.05, 0.1) is 11.2 Å². The number of Topliss-reactive ketones (excluding diaryl/α,β-unsaturated/α-hetero) is 1. The number of rotatable bonds is 4. The van der Waals surface area contributed by atoms with Crippen LogP contribution in [0.5, 0.6) is 0 Å². The summed E-state index contributed by atoms with van der Waals surface area (Å²) < 4.78 is 2.00. The van der Waals surface area contributed by atoms with Crippen molar-refractivity contribution in [2.75, 3.05) is 0 Å². The van der Waals surface area contributed by atoms with Crippen LogP contribution in [-0.2, 0) is 4.79 Å². The number of carboxylic acid groups (broad SMARTS) is 1. The molecule has 5 heteroatoms. The largest absolute Gasteiger partial charge is 0.481 e. The average Bonchev–Trinajstić information content (AvgIpc) is 3.02. The molecular formula is C21H22N2O3. The van der Waals surface area contributed by atoms with Gasteiger partial charge in [0.15, 0.2) is 5.78 Å². The van der Waals surface area contributed by atoms with E-state index in [9.17, 15) is 9.59 Å². The molecule has 0 amide bonds. The maximum Gasteiger partial charge on any atom is 0.303 e. The zero-order chi connectivity index (χ0) is 19.3. The molecule has 1 heterocycles. The molecule has 134 valence electrons. The van der Waals surface area contributed by atoms with E-state index in [0.717, 1.165) is 22.2 Å². The molecule has 0 atom stereocenters. The molecule has 2 aromatic carbocycles. The Morgan fingerprint density at radius 3 is 2.15 bits per heavy atom. The highest BCUT2D eigenvalue weighted by atomic mass is 16.4. The summed E-state index contributed by atoms with van der Waals surface area (Å²) in [4.78, 5) is 21.2. The SMILES string of the molecule is CC(=N)c1cn(-c2ccccc2C(C)=O)c2ccccc12.CCC(=O)O. The molecule has 0 saturated heterocycles. The first-order valence-electron chi connectivity index (χ1n) is 8.34. The third-order valence-corrected chi connectivity index (χ3v) is 3.96. The first-order valence-corrected chi connectivity index (χ1v) is 8.34. The molecule has 0 spiro atoms. The summed E-state index contributed by atoms with van der Waals surface area (Å²) in [5.74, 6) is -0.707. The first-order chi connectivity index (χ1) is 12.4. The van der Waals surface area contributed by atoms with Gasteiger partial charge >= 0.3 is 5.97 Å². The fourth-order valence-corrected chi connectivity index (χ4v) is 2.66. The van der Waals surface area contributed by atoms with Crippen LogP contribution in [0.2, 0.25) is 0 Å². The molecule has 0 aliphatic rings. The van der Waals surface area contributed by atoms with Crippen LogP contribution < -0.4 is 0 Å². The van der Waals surface area contributed by atoms with Crippen LogP contribution in [0.15, 0.2) is 54.7 Å². The predicted octanol–water partition coefficient (Wildman–Crippen LogP) is 4.70. The Morgan fingerprint density at radius 2 is 1.58 bits per heavy atom. The van der Waals surface area contributed by atoms with Gasteiger partial charge in [0, 0.05) is 34.8 Å². The molecule has 3 aromatic rings. The van der Waals surface area contributed by atoms with Crippen LogP contribution in [0.4, 0.5) is 0 Å². The Bertz CT molecular complexity index is 970. The molecule has 3 rings (SSSR count). The molecule has 0 saturated carbocycles. The van der Waals surface area contributed by atoms with Crippen molar-refractivity contribution in [2.45, 2.75) is 27.2 Å². The highest BCUT2D eigenvalue weighted by Gasteiger charge is 2.14. The van der Waals surface area contributed by atoms with Gasteiger partial charge in [-0.15, -0.1) is 0 Å². The van der Waals surface area contributed by atoms with E-state index in [0.29, 0.717) is 11.3 Å². The van der Waals surface area contributed by atoms with E-state index in [1.165, 1.54) is 0 Å². The summed E-state index contributed by atoms with van der Waals surface area (Å²) in [5, 5.41) is 16.7. The van der Waals surface area contributed by atoms with Gasteiger partial charge in [-0.1, -0.05) is 37.3 Å². The van der Waals surface area contributed by atoms with Gasteiger partial charge < -0.3 is 15.1 Å². The van der Waals surface area contributed by atoms with Crippen LogP contribution >= 0.6 is 0 Å². The number of benzene rings is 2. The predicted molar refractivity (Wildman–Crippen MR) is 104 cm³/mol. The van der Waals surface area contributed by atoms with Crippen molar-refractivity contribution in [1.29, 1.82) is 5.41 Å². The monoisotopic (exact) mass is 350 g/mol. The van der Waals surface area contributed by atoms with E-state index in [1.54, 1.807) is 20.8 Å². The van der Waals surface area contributed by atoms with Crippen molar-refractivity contribution in [3.05, 3.63) is 65.9 Å². The zero-order valence-electron chi connectivity index (χ0n) is 15.1. The Balaban J connectivity index is 0.000000431. The number of nitrogens with one attached hydrogen (secondary N) is 1. The second-order valence-corrected chi connectivity index (χ2v) is 5.88. The number of carbonyl (C=O) groups is 2. The molecule has 26 heavy (non-hydrogen) atoms. The number of carboxylic acids is 1. The van der Waals surface area contributed by atoms with E-state index in [4.69, 9.17) is 10.5 Å². The van der Waals surface area contributed by atoms with Crippen molar-refractivity contribution >= 4 is 28.4 Å². The zero-order valence-corrected chi connectivity index (χ0v) is 15.1. The summed E-state index contributed by atoms with van der Waals surface area (Å²) in [6.45, 7) is 4.96. The van der Waals surface area contributed by atoms with Gasteiger partial charge in [0.1, 0.15) is 0 Å². The van der Waals surface area contributed by atoms with E-state index >= 15 is 0 Å². The minimum absolute atomic E-state index is 0.0384. The molecule has 0 aliphatic heterocycles. The Morgan fingerprint density at radius 1 is 1.00 bits per heavy atom. The lowest BCUT2D eigenvalue weighted by Crippen LogP contribution is -2.02. The number of fused-ring (bicyclic) bond motifs is 1. The normalized spacial score (nSPS) is 10.1.